The van der Waals surface area contributed by atoms with E-state index in [4.69, 9.17) is 9.73 Å². The van der Waals surface area contributed by atoms with Gasteiger partial charge in [0.25, 0.3) is 0 Å². The lowest BCUT2D eigenvalue weighted by molar-refractivity contribution is 0.415. The number of anilines is 1. The number of nitrogens with zero attached hydrogens (tertiary/aromatic N) is 3. The maximum Gasteiger partial charge on any atom is 0.191 e. The van der Waals surface area contributed by atoms with Gasteiger partial charge in [-0.25, -0.2) is 9.98 Å². The number of benzene rings is 1. The van der Waals surface area contributed by atoms with Gasteiger partial charge in [-0.3, -0.25) is 0 Å². The third kappa shape index (κ3) is 5.38. The second-order valence-electron chi connectivity index (χ2n) is 7.13. The van der Waals surface area contributed by atoms with Crippen LogP contribution in [0.1, 0.15) is 28.9 Å². The Morgan fingerprint density at radius 1 is 1.36 bits per heavy atom. The highest BCUT2D eigenvalue weighted by Gasteiger charge is 2.23. The van der Waals surface area contributed by atoms with Crippen molar-refractivity contribution in [2.24, 2.45) is 10.9 Å². The molecule has 152 valence electrons. The monoisotopic (exact) mass is 401 g/mol. The van der Waals surface area contributed by atoms with Crippen molar-refractivity contribution in [2.45, 2.75) is 33.7 Å². The van der Waals surface area contributed by atoms with Crippen LogP contribution in [0.25, 0.3) is 0 Å². The van der Waals surface area contributed by atoms with Crippen LogP contribution < -0.4 is 20.3 Å². The minimum Gasteiger partial charge on any atom is -0.497 e. The van der Waals surface area contributed by atoms with Gasteiger partial charge in [-0.05, 0) is 45.2 Å². The molecule has 1 fully saturated rings. The number of aliphatic imine (C=N–C) groups is 1. The van der Waals surface area contributed by atoms with Crippen molar-refractivity contribution in [3.63, 3.8) is 0 Å². The summed E-state index contributed by atoms with van der Waals surface area (Å²) in [6.07, 6.45) is 1.18. The van der Waals surface area contributed by atoms with Gasteiger partial charge in [-0.15, -0.1) is 11.3 Å². The summed E-state index contributed by atoms with van der Waals surface area (Å²) in [5.74, 6) is 2.38. The third-order valence-corrected chi connectivity index (χ3v) is 6.11. The number of hydrogen-bond donors (Lipinski definition) is 2. The molecule has 1 atom stereocenters. The van der Waals surface area contributed by atoms with E-state index in [1.807, 2.05) is 6.07 Å². The van der Waals surface area contributed by atoms with Crippen LogP contribution in [0.2, 0.25) is 0 Å². The van der Waals surface area contributed by atoms with E-state index in [0.717, 1.165) is 48.6 Å². The first-order chi connectivity index (χ1) is 13.6. The first-order valence-electron chi connectivity index (χ1n) is 9.93. The Morgan fingerprint density at radius 2 is 2.21 bits per heavy atom. The summed E-state index contributed by atoms with van der Waals surface area (Å²) in [4.78, 5) is 13.0. The molecule has 1 aromatic heterocycles. The fourth-order valence-corrected chi connectivity index (χ4v) is 4.24. The van der Waals surface area contributed by atoms with Gasteiger partial charge in [0, 0.05) is 42.8 Å². The zero-order chi connectivity index (χ0) is 19.9. The first-order valence-corrected chi connectivity index (χ1v) is 10.7. The van der Waals surface area contributed by atoms with Crippen LogP contribution in [0.3, 0.4) is 0 Å². The van der Waals surface area contributed by atoms with E-state index in [2.05, 4.69) is 59.5 Å². The number of thiazole rings is 1. The van der Waals surface area contributed by atoms with Crippen LogP contribution in [0.4, 0.5) is 5.69 Å². The first kappa shape index (κ1) is 20.5. The molecule has 0 aliphatic carbocycles. The van der Waals surface area contributed by atoms with E-state index in [0.29, 0.717) is 12.5 Å². The molecule has 7 heteroatoms. The molecule has 0 saturated carbocycles. The van der Waals surface area contributed by atoms with Crippen molar-refractivity contribution in [2.75, 3.05) is 38.2 Å². The molecule has 1 unspecified atom stereocenters. The number of aromatic nitrogens is 1. The van der Waals surface area contributed by atoms with Crippen LogP contribution in [0, 0.1) is 19.8 Å². The molecule has 28 heavy (non-hydrogen) atoms. The highest BCUT2D eigenvalue weighted by atomic mass is 32.1. The largest absolute Gasteiger partial charge is 0.497 e. The predicted octanol–water partition coefficient (Wildman–Crippen LogP) is 3.35. The van der Waals surface area contributed by atoms with Gasteiger partial charge >= 0.3 is 0 Å². The zero-order valence-corrected chi connectivity index (χ0v) is 18.1. The second kappa shape index (κ2) is 9.78. The fourth-order valence-electron chi connectivity index (χ4n) is 3.38. The number of guanidine groups is 1. The van der Waals surface area contributed by atoms with E-state index < -0.39 is 0 Å². The van der Waals surface area contributed by atoms with Crippen molar-refractivity contribution < 1.29 is 4.74 Å². The van der Waals surface area contributed by atoms with Crippen LogP contribution in [0.15, 0.2) is 29.3 Å². The van der Waals surface area contributed by atoms with Crippen molar-refractivity contribution in [1.29, 1.82) is 0 Å². The molecule has 1 aliphatic rings. The number of aryl methyl sites for hydroxylation is 2. The Hall–Kier alpha value is -2.28. The Kier molecular flexibility index (Phi) is 7.14. The summed E-state index contributed by atoms with van der Waals surface area (Å²) in [5.41, 5.74) is 2.34. The average Bonchev–Trinajstić information content (AvgIpc) is 3.31. The van der Waals surface area contributed by atoms with E-state index in [-0.39, 0.29) is 0 Å². The predicted molar refractivity (Wildman–Crippen MR) is 118 cm³/mol. The van der Waals surface area contributed by atoms with Crippen LogP contribution in [0.5, 0.6) is 5.75 Å². The molecule has 0 bridgehead atoms. The minimum absolute atomic E-state index is 0.597. The maximum absolute atomic E-state index is 5.35. The number of nitrogens with one attached hydrogen (secondary N) is 2. The SMILES string of the molecule is CCNC(=NCc1nc(C)c(C)s1)NCC1CCN(c2cccc(OC)c2)C1. The van der Waals surface area contributed by atoms with Gasteiger partial charge in [0.2, 0.25) is 0 Å². The standard InChI is InChI=1S/C21H31N5OS/c1-5-22-21(24-13-20-25-15(2)16(3)28-20)23-12-17-9-10-26(14-17)18-7-6-8-19(11-18)27-4/h6-8,11,17H,5,9-10,12-14H2,1-4H3,(H2,22,23,24). The fraction of sp³-hybridized carbons (Fsp3) is 0.524. The molecule has 0 spiro atoms. The summed E-state index contributed by atoms with van der Waals surface area (Å²) in [6, 6.07) is 8.31. The molecule has 1 aliphatic heterocycles. The molecule has 1 saturated heterocycles. The lowest BCUT2D eigenvalue weighted by atomic mass is 10.1. The highest BCUT2D eigenvalue weighted by Crippen LogP contribution is 2.26. The molecule has 2 heterocycles. The number of rotatable bonds is 7. The van der Waals surface area contributed by atoms with Gasteiger partial charge < -0.3 is 20.3 Å². The van der Waals surface area contributed by atoms with Gasteiger partial charge in [-0.1, -0.05) is 6.07 Å². The normalized spacial score (nSPS) is 17.1. The summed E-state index contributed by atoms with van der Waals surface area (Å²) in [7, 11) is 1.71. The lowest BCUT2D eigenvalue weighted by Crippen LogP contribution is -2.40. The zero-order valence-electron chi connectivity index (χ0n) is 17.3. The summed E-state index contributed by atoms with van der Waals surface area (Å²) in [5, 5.41) is 7.92. The highest BCUT2D eigenvalue weighted by molar-refractivity contribution is 7.11. The van der Waals surface area contributed by atoms with Crippen LogP contribution in [-0.4, -0.2) is 44.2 Å². The second-order valence-corrected chi connectivity index (χ2v) is 8.42. The van der Waals surface area contributed by atoms with Gasteiger partial charge in [-0.2, -0.15) is 0 Å². The maximum atomic E-state index is 5.35. The minimum atomic E-state index is 0.597. The van der Waals surface area contributed by atoms with Crippen molar-refractivity contribution in [3.8, 4) is 5.75 Å². The lowest BCUT2D eigenvalue weighted by Gasteiger charge is -2.20. The number of methoxy groups -OCH3 is 1. The molecule has 2 N–H and O–H groups in total. The Morgan fingerprint density at radius 3 is 2.93 bits per heavy atom. The summed E-state index contributed by atoms with van der Waals surface area (Å²) < 4.78 is 5.35. The Bertz CT molecular complexity index is 784. The average molecular weight is 402 g/mol. The van der Waals surface area contributed by atoms with Crippen LogP contribution in [-0.2, 0) is 6.54 Å². The summed E-state index contributed by atoms with van der Waals surface area (Å²) in [6.45, 7) is 10.8. The Balaban J connectivity index is 1.53. The Labute approximate surface area is 172 Å². The number of ether oxygens (including phenoxy) is 1. The molecule has 0 amide bonds. The van der Waals surface area contributed by atoms with Crippen LogP contribution >= 0.6 is 11.3 Å². The molecule has 1 aromatic carbocycles. The van der Waals surface area contributed by atoms with Gasteiger partial charge in [0.15, 0.2) is 5.96 Å². The molecule has 3 rings (SSSR count). The topological polar surface area (TPSA) is 61.8 Å². The van der Waals surface area contributed by atoms with E-state index in [9.17, 15) is 0 Å². The summed E-state index contributed by atoms with van der Waals surface area (Å²) >= 11 is 1.73. The van der Waals surface area contributed by atoms with Crippen molar-refractivity contribution in [1.82, 2.24) is 15.6 Å². The molecule has 6 nitrogen and oxygen atoms in total. The van der Waals surface area contributed by atoms with E-state index in [1.165, 1.54) is 17.0 Å². The van der Waals surface area contributed by atoms with Gasteiger partial charge in [0.1, 0.15) is 10.8 Å². The van der Waals surface area contributed by atoms with E-state index >= 15 is 0 Å². The van der Waals surface area contributed by atoms with Gasteiger partial charge in [0.05, 0.1) is 19.3 Å². The van der Waals surface area contributed by atoms with Crippen molar-refractivity contribution >= 4 is 23.0 Å². The molecular formula is C21H31N5OS. The van der Waals surface area contributed by atoms with Crippen molar-refractivity contribution in [3.05, 3.63) is 39.8 Å². The molecule has 2 aromatic rings. The molecular weight excluding hydrogens is 370 g/mol. The third-order valence-electron chi connectivity index (χ3n) is 5.05. The smallest absolute Gasteiger partial charge is 0.191 e. The quantitative estimate of drug-likeness (QED) is 0.550. The number of hydrogen-bond acceptors (Lipinski definition) is 5. The molecule has 0 radical (unpaired) electrons. The van der Waals surface area contributed by atoms with E-state index in [1.54, 1.807) is 18.4 Å².